The Labute approximate surface area is 183 Å². The maximum atomic E-state index is 6.04. The molecule has 3 aromatic heterocycles. The molecule has 0 saturated carbocycles. The number of methoxy groups -OCH3 is 1. The first-order valence-corrected chi connectivity index (χ1v) is 9.96. The normalized spacial score (nSPS) is 11.1. The standard InChI is InChI=1S/C23H18ClN5O2/c1-14-12-29(13-25-14)19-8-7-17(11-20(19)30-2)26-23-27-18-9-10-31-22(18)21(28-23)15-3-5-16(24)6-4-15/h3-13H,1-2H3,(H,26,27,28). The number of aromatic nitrogens is 4. The number of halogens is 1. The lowest BCUT2D eigenvalue weighted by molar-refractivity contribution is 0.413. The molecule has 2 aromatic carbocycles. The highest BCUT2D eigenvalue weighted by molar-refractivity contribution is 6.30. The maximum Gasteiger partial charge on any atom is 0.228 e. The number of hydrogen-bond acceptors (Lipinski definition) is 6. The van der Waals surface area contributed by atoms with Crippen LogP contribution in [0.4, 0.5) is 11.6 Å². The number of ether oxygens (including phenoxy) is 1. The molecular formula is C23H18ClN5O2. The smallest absolute Gasteiger partial charge is 0.228 e. The van der Waals surface area contributed by atoms with Crippen LogP contribution >= 0.6 is 11.6 Å². The number of hydrogen-bond donors (Lipinski definition) is 1. The molecule has 1 N–H and O–H groups in total. The summed E-state index contributed by atoms with van der Waals surface area (Å²) in [4.78, 5) is 13.5. The number of furan rings is 1. The topological polar surface area (TPSA) is 78.0 Å². The van der Waals surface area contributed by atoms with Crippen molar-refractivity contribution in [2.75, 3.05) is 12.4 Å². The van der Waals surface area contributed by atoms with E-state index in [0.717, 1.165) is 22.6 Å². The number of imidazole rings is 1. The summed E-state index contributed by atoms with van der Waals surface area (Å²) in [5.74, 6) is 1.15. The van der Waals surface area contributed by atoms with E-state index in [4.69, 9.17) is 25.7 Å². The second-order valence-corrected chi connectivity index (χ2v) is 7.41. The van der Waals surface area contributed by atoms with Crippen molar-refractivity contribution >= 4 is 34.3 Å². The zero-order chi connectivity index (χ0) is 21.4. The van der Waals surface area contributed by atoms with Crippen LogP contribution in [0.3, 0.4) is 0 Å². The third-order valence-corrected chi connectivity index (χ3v) is 5.10. The van der Waals surface area contributed by atoms with Crippen molar-refractivity contribution in [3.63, 3.8) is 0 Å². The average Bonchev–Trinajstić information content (AvgIpc) is 3.42. The largest absolute Gasteiger partial charge is 0.494 e. The van der Waals surface area contributed by atoms with Gasteiger partial charge < -0.3 is 19.0 Å². The summed E-state index contributed by atoms with van der Waals surface area (Å²) in [5.41, 5.74) is 5.52. The maximum absolute atomic E-state index is 6.04. The molecule has 0 spiro atoms. The molecule has 3 heterocycles. The summed E-state index contributed by atoms with van der Waals surface area (Å²) >= 11 is 6.04. The fourth-order valence-corrected chi connectivity index (χ4v) is 3.50. The van der Waals surface area contributed by atoms with Crippen molar-refractivity contribution < 1.29 is 9.15 Å². The number of fused-ring (bicyclic) bond motifs is 1. The highest BCUT2D eigenvalue weighted by Crippen LogP contribution is 2.31. The Morgan fingerprint density at radius 3 is 2.65 bits per heavy atom. The van der Waals surface area contributed by atoms with E-state index in [1.807, 2.05) is 66.2 Å². The van der Waals surface area contributed by atoms with Crippen LogP contribution in [-0.4, -0.2) is 26.6 Å². The van der Waals surface area contributed by atoms with Crippen LogP contribution < -0.4 is 10.1 Å². The minimum Gasteiger partial charge on any atom is -0.494 e. The predicted molar refractivity (Wildman–Crippen MR) is 120 cm³/mol. The second-order valence-electron chi connectivity index (χ2n) is 6.97. The van der Waals surface area contributed by atoms with Gasteiger partial charge in [0.2, 0.25) is 5.95 Å². The Hall–Kier alpha value is -3.84. The van der Waals surface area contributed by atoms with E-state index in [-0.39, 0.29) is 0 Å². The van der Waals surface area contributed by atoms with Gasteiger partial charge in [0.05, 0.1) is 31.1 Å². The van der Waals surface area contributed by atoms with Gasteiger partial charge in [0, 0.05) is 34.6 Å². The molecule has 0 saturated heterocycles. The Bertz CT molecular complexity index is 1370. The monoisotopic (exact) mass is 431 g/mol. The second kappa shape index (κ2) is 7.77. The molecule has 0 bridgehead atoms. The quantitative estimate of drug-likeness (QED) is 0.379. The molecule has 0 amide bonds. The van der Waals surface area contributed by atoms with Crippen molar-refractivity contribution in [2.45, 2.75) is 6.92 Å². The van der Waals surface area contributed by atoms with Gasteiger partial charge in [-0.05, 0) is 31.2 Å². The summed E-state index contributed by atoms with van der Waals surface area (Å²) in [6, 6.07) is 15.1. The number of rotatable bonds is 5. The van der Waals surface area contributed by atoms with Gasteiger partial charge in [-0.3, -0.25) is 0 Å². The lowest BCUT2D eigenvalue weighted by atomic mass is 10.1. The average molecular weight is 432 g/mol. The van der Waals surface area contributed by atoms with Crippen molar-refractivity contribution in [1.82, 2.24) is 19.5 Å². The van der Waals surface area contributed by atoms with Crippen LogP contribution in [-0.2, 0) is 0 Å². The lowest BCUT2D eigenvalue weighted by Crippen LogP contribution is -2.01. The van der Waals surface area contributed by atoms with Gasteiger partial charge in [0.15, 0.2) is 5.58 Å². The number of aryl methyl sites for hydroxylation is 1. The number of benzene rings is 2. The molecular weight excluding hydrogens is 414 g/mol. The van der Waals surface area contributed by atoms with Gasteiger partial charge in [-0.25, -0.2) is 15.0 Å². The summed E-state index contributed by atoms with van der Waals surface area (Å²) in [7, 11) is 1.64. The molecule has 154 valence electrons. The molecule has 5 rings (SSSR count). The van der Waals surface area contributed by atoms with Crippen LogP contribution in [0.5, 0.6) is 5.75 Å². The van der Waals surface area contributed by atoms with Crippen LogP contribution in [0, 0.1) is 6.92 Å². The van der Waals surface area contributed by atoms with Crippen LogP contribution in [0.15, 0.2) is 71.7 Å². The minimum absolute atomic E-state index is 0.451. The Balaban J connectivity index is 1.53. The van der Waals surface area contributed by atoms with E-state index in [2.05, 4.69) is 15.3 Å². The Morgan fingerprint density at radius 2 is 1.90 bits per heavy atom. The third-order valence-electron chi connectivity index (χ3n) is 4.85. The molecule has 31 heavy (non-hydrogen) atoms. The van der Waals surface area contributed by atoms with Gasteiger partial charge in [-0.2, -0.15) is 0 Å². The molecule has 0 aliphatic carbocycles. The Morgan fingerprint density at radius 1 is 1.06 bits per heavy atom. The highest BCUT2D eigenvalue weighted by atomic mass is 35.5. The van der Waals surface area contributed by atoms with Crippen LogP contribution in [0.1, 0.15) is 5.69 Å². The van der Waals surface area contributed by atoms with Crippen molar-refractivity contribution in [1.29, 1.82) is 0 Å². The molecule has 8 heteroatoms. The minimum atomic E-state index is 0.451. The first-order chi connectivity index (χ1) is 15.1. The zero-order valence-corrected chi connectivity index (χ0v) is 17.6. The van der Waals surface area contributed by atoms with Crippen molar-refractivity contribution in [3.8, 4) is 22.7 Å². The molecule has 7 nitrogen and oxygen atoms in total. The van der Waals surface area contributed by atoms with E-state index in [1.165, 1.54) is 0 Å². The number of anilines is 2. The van der Waals surface area contributed by atoms with Crippen molar-refractivity contribution in [3.05, 3.63) is 78.0 Å². The molecule has 0 aliphatic rings. The van der Waals surface area contributed by atoms with Gasteiger partial charge in [0.1, 0.15) is 17.0 Å². The summed E-state index contributed by atoms with van der Waals surface area (Å²) in [5, 5.41) is 3.93. The Kier molecular flexibility index (Phi) is 4.80. The predicted octanol–water partition coefficient (Wildman–Crippen LogP) is 5.79. The first-order valence-electron chi connectivity index (χ1n) is 9.58. The van der Waals surface area contributed by atoms with E-state index in [9.17, 15) is 0 Å². The number of nitrogens with one attached hydrogen (secondary N) is 1. The van der Waals surface area contributed by atoms with Crippen molar-refractivity contribution in [2.24, 2.45) is 0 Å². The lowest BCUT2D eigenvalue weighted by Gasteiger charge is -2.12. The van der Waals surface area contributed by atoms with E-state index < -0.39 is 0 Å². The molecule has 0 radical (unpaired) electrons. The van der Waals surface area contributed by atoms with E-state index in [1.54, 1.807) is 19.7 Å². The molecule has 0 aliphatic heterocycles. The fourth-order valence-electron chi connectivity index (χ4n) is 3.37. The van der Waals surface area contributed by atoms with Gasteiger partial charge >= 0.3 is 0 Å². The zero-order valence-electron chi connectivity index (χ0n) is 16.8. The van der Waals surface area contributed by atoms with Crippen LogP contribution in [0.25, 0.3) is 28.0 Å². The SMILES string of the molecule is COc1cc(Nc2nc(-c3ccc(Cl)cc3)c3occc3n2)ccc1-n1cnc(C)c1. The van der Waals surface area contributed by atoms with E-state index >= 15 is 0 Å². The summed E-state index contributed by atoms with van der Waals surface area (Å²) in [6.45, 7) is 1.94. The third kappa shape index (κ3) is 3.71. The molecule has 5 aromatic rings. The summed E-state index contributed by atoms with van der Waals surface area (Å²) in [6.07, 6.45) is 5.31. The van der Waals surface area contributed by atoms with Gasteiger partial charge in [-0.1, -0.05) is 23.7 Å². The van der Waals surface area contributed by atoms with Gasteiger partial charge in [0.25, 0.3) is 0 Å². The van der Waals surface area contributed by atoms with Crippen LogP contribution in [0.2, 0.25) is 5.02 Å². The van der Waals surface area contributed by atoms with E-state index in [0.29, 0.717) is 33.5 Å². The van der Waals surface area contributed by atoms with Gasteiger partial charge in [-0.15, -0.1) is 0 Å². The molecule has 0 atom stereocenters. The highest BCUT2D eigenvalue weighted by Gasteiger charge is 2.14. The first kappa shape index (κ1) is 19.1. The fraction of sp³-hybridized carbons (Fsp3) is 0.0870. The number of nitrogens with zero attached hydrogens (tertiary/aromatic N) is 4. The summed E-state index contributed by atoms with van der Waals surface area (Å²) < 4.78 is 13.1. The molecule has 0 unspecified atom stereocenters. The molecule has 0 fully saturated rings.